The molecular weight excluding hydrogens is 480 g/mol. The number of thioether (sulfide) groups is 1. The van der Waals surface area contributed by atoms with Crippen molar-refractivity contribution in [1.29, 1.82) is 0 Å². The number of nitrogens with zero attached hydrogens (tertiary/aromatic N) is 2. The molecule has 7 nitrogen and oxygen atoms in total. The standard InChI is InChI=1S/C26H28N4O3S2/c1-2-3-16-30-23-15-14-21(35(27,32)33)17-22(23)28-26(30)34-18-24(31)29-25(19-10-6-4-7-11-19)20-12-8-5-9-13-20/h4-15,17,25H,2-3,16,18H2,1H3,(H,29,31)(H2,27,32,33). The molecule has 0 aliphatic carbocycles. The minimum Gasteiger partial charge on any atom is -0.344 e. The Balaban J connectivity index is 1.56. The molecule has 0 atom stereocenters. The van der Waals surface area contributed by atoms with Gasteiger partial charge in [0.25, 0.3) is 0 Å². The van der Waals surface area contributed by atoms with Gasteiger partial charge in [0.05, 0.1) is 27.7 Å². The van der Waals surface area contributed by atoms with Gasteiger partial charge in [-0.05, 0) is 35.7 Å². The summed E-state index contributed by atoms with van der Waals surface area (Å²) >= 11 is 1.34. The van der Waals surface area contributed by atoms with Crippen LogP contribution in [0.4, 0.5) is 0 Å². The van der Waals surface area contributed by atoms with Crippen molar-refractivity contribution in [3.8, 4) is 0 Å². The zero-order valence-electron chi connectivity index (χ0n) is 19.4. The first-order chi connectivity index (χ1) is 16.9. The summed E-state index contributed by atoms with van der Waals surface area (Å²) in [5.41, 5.74) is 3.37. The molecule has 0 aliphatic rings. The van der Waals surface area contributed by atoms with E-state index in [1.54, 1.807) is 6.07 Å². The number of aryl methyl sites for hydroxylation is 1. The van der Waals surface area contributed by atoms with E-state index in [2.05, 4.69) is 17.2 Å². The number of nitrogens with one attached hydrogen (secondary N) is 1. The third kappa shape index (κ3) is 6.11. The number of aromatic nitrogens is 2. The van der Waals surface area contributed by atoms with Crippen LogP contribution >= 0.6 is 11.8 Å². The predicted octanol–water partition coefficient (Wildman–Crippen LogP) is 4.48. The van der Waals surface area contributed by atoms with Crippen LogP contribution in [-0.4, -0.2) is 29.6 Å². The minimum atomic E-state index is -3.83. The summed E-state index contributed by atoms with van der Waals surface area (Å²) in [4.78, 5) is 17.7. The molecule has 0 fully saturated rings. The lowest BCUT2D eigenvalue weighted by atomic mass is 9.99. The first-order valence-electron chi connectivity index (χ1n) is 11.4. The van der Waals surface area contributed by atoms with Crippen molar-refractivity contribution in [1.82, 2.24) is 14.9 Å². The Labute approximate surface area is 209 Å². The molecular formula is C26H28N4O3S2. The van der Waals surface area contributed by atoms with Crippen LogP contribution in [0.5, 0.6) is 0 Å². The minimum absolute atomic E-state index is 0.0213. The van der Waals surface area contributed by atoms with Gasteiger partial charge in [0, 0.05) is 6.54 Å². The molecule has 35 heavy (non-hydrogen) atoms. The summed E-state index contributed by atoms with van der Waals surface area (Å²) in [7, 11) is -3.83. The van der Waals surface area contributed by atoms with Gasteiger partial charge >= 0.3 is 0 Å². The maximum atomic E-state index is 13.0. The largest absolute Gasteiger partial charge is 0.344 e. The molecule has 0 radical (unpaired) electrons. The van der Waals surface area contributed by atoms with Gasteiger partial charge in [0.2, 0.25) is 15.9 Å². The van der Waals surface area contributed by atoms with Crippen molar-refractivity contribution in [2.75, 3.05) is 5.75 Å². The molecule has 0 unspecified atom stereocenters. The van der Waals surface area contributed by atoms with Gasteiger partial charge in [-0.2, -0.15) is 0 Å². The van der Waals surface area contributed by atoms with E-state index in [4.69, 9.17) is 5.14 Å². The highest BCUT2D eigenvalue weighted by atomic mass is 32.2. The van der Waals surface area contributed by atoms with Gasteiger partial charge in [-0.3, -0.25) is 4.79 Å². The molecule has 0 aliphatic heterocycles. The zero-order valence-corrected chi connectivity index (χ0v) is 21.1. The van der Waals surface area contributed by atoms with E-state index < -0.39 is 10.0 Å². The second-order valence-electron chi connectivity index (χ2n) is 8.21. The Hall–Kier alpha value is -3.14. The van der Waals surface area contributed by atoms with Gasteiger partial charge in [0.15, 0.2) is 5.16 Å². The van der Waals surface area contributed by atoms with Crippen molar-refractivity contribution in [2.45, 2.75) is 42.4 Å². The molecule has 1 heterocycles. The van der Waals surface area contributed by atoms with Crippen molar-refractivity contribution in [3.63, 3.8) is 0 Å². The Kier molecular flexibility index (Phi) is 7.90. The topological polar surface area (TPSA) is 107 Å². The van der Waals surface area contributed by atoms with E-state index in [1.807, 2.05) is 65.2 Å². The number of rotatable bonds is 10. The van der Waals surface area contributed by atoms with Gasteiger partial charge < -0.3 is 9.88 Å². The van der Waals surface area contributed by atoms with Gasteiger partial charge in [-0.15, -0.1) is 0 Å². The third-order valence-electron chi connectivity index (χ3n) is 5.65. The highest BCUT2D eigenvalue weighted by molar-refractivity contribution is 7.99. The van der Waals surface area contributed by atoms with Crippen LogP contribution in [-0.2, 0) is 21.4 Å². The van der Waals surface area contributed by atoms with Crippen molar-refractivity contribution in [2.24, 2.45) is 5.14 Å². The SMILES string of the molecule is CCCCn1c(SCC(=O)NC(c2ccccc2)c2ccccc2)nc2cc(S(N)(=O)=O)ccc21. The number of imidazole rings is 1. The van der Waals surface area contributed by atoms with E-state index in [9.17, 15) is 13.2 Å². The Morgan fingerprint density at radius 1 is 1.03 bits per heavy atom. The fraction of sp³-hybridized carbons (Fsp3) is 0.231. The Morgan fingerprint density at radius 3 is 2.23 bits per heavy atom. The number of carbonyl (C=O) groups excluding carboxylic acids is 1. The number of hydrogen-bond acceptors (Lipinski definition) is 5. The molecule has 0 bridgehead atoms. The van der Waals surface area contributed by atoms with Crippen molar-refractivity contribution < 1.29 is 13.2 Å². The number of amides is 1. The number of carbonyl (C=O) groups is 1. The Bertz CT molecular complexity index is 1370. The average molecular weight is 509 g/mol. The van der Waals surface area contributed by atoms with Crippen LogP contribution in [0.25, 0.3) is 11.0 Å². The summed E-state index contributed by atoms with van der Waals surface area (Å²) in [6.07, 6.45) is 1.93. The van der Waals surface area contributed by atoms with Crippen LogP contribution in [0.2, 0.25) is 0 Å². The molecule has 1 amide bonds. The normalized spacial score (nSPS) is 11.7. The lowest BCUT2D eigenvalue weighted by molar-refractivity contribution is -0.119. The molecule has 4 aromatic rings. The van der Waals surface area contributed by atoms with E-state index >= 15 is 0 Å². The van der Waals surface area contributed by atoms with E-state index in [1.165, 1.54) is 23.9 Å². The lowest BCUT2D eigenvalue weighted by Gasteiger charge is -2.20. The van der Waals surface area contributed by atoms with Crippen LogP contribution < -0.4 is 10.5 Å². The lowest BCUT2D eigenvalue weighted by Crippen LogP contribution is -2.30. The van der Waals surface area contributed by atoms with Gasteiger partial charge in [-0.1, -0.05) is 85.8 Å². The first kappa shape index (κ1) is 25.0. The maximum absolute atomic E-state index is 13.0. The number of primary sulfonamides is 1. The van der Waals surface area contributed by atoms with Crippen LogP contribution in [0.3, 0.4) is 0 Å². The van der Waals surface area contributed by atoms with E-state index in [0.29, 0.717) is 10.7 Å². The number of unbranched alkanes of at least 4 members (excludes halogenated alkanes) is 1. The quantitative estimate of drug-likeness (QED) is 0.307. The monoisotopic (exact) mass is 508 g/mol. The van der Waals surface area contributed by atoms with Crippen molar-refractivity contribution >= 4 is 38.7 Å². The summed E-state index contributed by atoms with van der Waals surface area (Å²) < 4.78 is 25.6. The zero-order chi connectivity index (χ0) is 24.8. The fourth-order valence-electron chi connectivity index (χ4n) is 3.89. The molecule has 0 spiro atoms. The number of hydrogen-bond donors (Lipinski definition) is 2. The van der Waals surface area contributed by atoms with Gasteiger partial charge in [0.1, 0.15) is 0 Å². The average Bonchev–Trinajstić information content (AvgIpc) is 3.22. The highest BCUT2D eigenvalue weighted by Gasteiger charge is 2.19. The van der Waals surface area contributed by atoms with Crippen LogP contribution in [0, 0.1) is 0 Å². The molecule has 182 valence electrons. The van der Waals surface area contributed by atoms with Crippen molar-refractivity contribution in [3.05, 3.63) is 90.0 Å². The Morgan fingerprint density at radius 2 is 1.66 bits per heavy atom. The number of sulfonamides is 1. The first-order valence-corrected chi connectivity index (χ1v) is 13.9. The fourth-order valence-corrected chi connectivity index (χ4v) is 5.28. The molecule has 4 rings (SSSR count). The second kappa shape index (κ2) is 11.1. The molecule has 3 N–H and O–H groups in total. The van der Waals surface area contributed by atoms with E-state index in [0.717, 1.165) is 36.0 Å². The molecule has 1 aromatic heterocycles. The van der Waals surface area contributed by atoms with Crippen LogP contribution in [0.1, 0.15) is 36.9 Å². The number of nitrogens with two attached hydrogens (primary N) is 1. The number of fused-ring (bicyclic) bond motifs is 1. The summed E-state index contributed by atoms with van der Waals surface area (Å²) in [6, 6.07) is 24.2. The second-order valence-corrected chi connectivity index (χ2v) is 10.7. The summed E-state index contributed by atoms with van der Waals surface area (Å²) in [5, 5.41) is 9.12. The van der Waals surface area contributed by atoms with Gasteiger partial charge in [-0.25, -0.2) is 18.5 Å². The predicted molar refractivity (Wildman–Crippen MR) is 140 cm³/mol. The summed E-state index contributed by atoms with van der Waals surface area (Å²) in [6.45, 7) is 2.83. The number of benzene rings is 3. The molecule has 0 saturated carbocycles. The smallest absolute Gasteiger partial charge is 0.238 e. The van der Waals surface area contributed by atoms with Crippen LogP contribution in [0.15, 0.2) is 88.9 Å². The molecule has 0 saturated heterocycles. The summed E-state index contributed by atoms with van der Waals surface area (Å²) in [5.74, 6) is 0.0558. The molecule has 9 heteroatoms. The highest BCUT2D eigenvalue weighted by Crippen LogP contribution is 2.27. The molecule has 3 aromatic carbocycles. The third-order valence-corrected chi connectivity index (χ3v) is 7.54. The van der Waals surface area contributed by atoms with E-state index in [-0.39, 0.29) is 22.6 Å². The maximum Gasteiger partial charge on any atom is 0.238 e.